The number of aromatic nitrogens is 1. The molecule has 0 aliphatic heterocycles. The minimum atomic E-state index is 0.305. The van der Waals surface area contributed by atoms with Gasteiger partial charge < -0.3 is 4.90 Å². The molecule has 0 fully saturated rings. The molecule has 0 N–H and O–H groups in total. The van der Waals surface area contributed by atoms with Crippen LogP contribution in [0.1, 0.15) is 65.4 Å². The van der Waals surface area contributed by atoms with Crippen molar-refractivity contribution in [3.8, 4) is 12.3 Å². The van der Waals surface area contributed by atoms with E-state index in [1.165, 1.54) is 5.57 Å². The summed E-state index contributed by atoms with van der Waals surface area (Å²) in [6.07, 6.45) is 13.0. The normalized spacial score (nSPS) is 11.2. The van der Waals surface area contributed by atoms with Gasteiger partial charge in [0.15, 0.2) is 0 Å². The highest BCUT2D eigenvalue weighted by molar-refractivity contribution is 6.33. The second kappa shape index (κ2) is 10.5. The molecular formula is C22H33ClN2. The van der Waals surface area contributed by atoms with Crippen molar-refractivity contribution < 1.29 is 0 Å². The minimum Gasteiger partial charge on any atom is -0.355 e. The average molecular weight is 361 g/mol. The van der Waals surface area contributed by atoms with Gasteiger partial charge in [-0.25, -0.2) is 4.98 Å². The van der Waals surface area contributed by atoms with Crippen LogP contribution >= 0.6 is 11.6 Å². The van der Waals surface area contributed by atoms with E-state index >= 15 is 0 Å². The zero-order valence-corrected chi connectivity index (χ0v) is 17.1. The molecule has 138 valence electrons. The molecule has 0 spiro atoms. The second-order valence-electron chi connectivity index (χ2n) is 7.93. The summed E-state index contributed by atoms with van der Waals surface area (Å²) in [5, 5.41) is 0.719. The molecule has 3 heteroatoms. The summed E-state index contributed by atoms with van der Waals surface area (Å²) in [5.41, 5.74) is 2.73. The van der Waals surface area contributed by atoms with E-state index in [2.05, 4.69) is 50.1 Å². The van der Waals surface area contributed by atoms with Crippen LogP contribution in [0.3, 0.4) is 0 Å². The molecule has 1 aromatic rings. The summed E-state index contributed by atoms with van der Waals surface area (Å²) in [4.78, 5) is 6.90. The lowest BCUT2D eigenvalue weighted by Crippen LogP contribution is -2.26. The van der Waals surface area contributed by atoms with Crippen LogP contribution in [0, 0.1) is 17.8 Å². The van der Waals surface area contributed by atoms with E-state index in [0.29, 0.717) is 11.8 Å². The quantitative estimate of drug-likeness (QED) is 0.360. The second-order valence-corrected chi connectivity index (χ2v) is 8.34. The number of terminal acetylenes is 1. The Morgan fingerprint density at radius 1 is 1.36 bits per heavy atom. The Morgan fingerprint density at radius 2 is 2.08 bits per heavy atom. The van der Waals surface area contributed by atoms with Crippen molar-refractivity contribution in [1.29, 1.82) is 0 Å². The first kappa shape index (κ1) is 21.6. The standard InChI is InChI=1S/C22H33ClN2/c1-7-9-12-19-15-20(23)21(24-17-19)25(13-8-2)14-10-11-18(3)16-22(4,5)6/h1,15,17H,3,8-14,16H2,2,4-6H3. The maximum absolute atomic E-state index is 6.49. The molecule has 0 aromatic carbocycles. The Hall–Kier alpha value is -1.46. The van der Waals surface area contributed by atoms with Gasteiger partial charge >= 0.3 is 0 Å². The van der Waals surface area contributed by atoms with Gasteiger partial charge in [0.25, 0.3) is 0 Å². The van der Waals surface area contributed by atoms with E-state index in [0.717, 1.165) is 61.6 Å². The third-order valence-corrected chi connectivity index (χ3v) is 4.25. The van der Waals surface area contributed by atoms with Gasteiger partial charge in [0.2, 0.25) is 0 Å². The van der Waals surface area contributed by atoms with Crippen LogP contribution in [0.15, 0.2) is 24.4 Å². The number of anilines is 1. The Morgan fingerprint density at radius 3 is 2.64 bits per heavy atom. The van der Waals surface area contributed by atoms with Gasteiger partial charge in [-0.15, -0.1) is 12.3 Å². The van der Waals surface area contributed by atoms with Gasteiger partial charge in [0, 0.05) is 25.7 Å². The summed E-state index contributed by atoms with van der Waals surface area (Å²) < 4.78 is 0. The summed E-state index contributed by atoms with van der Waals surface area (Å²) in [6.45, 7) is 15.1. The highest BCUT2D eigenvalue weighted by Gasteiger charge is 2.14. The van der Waals surface area contributed by atoms with Gasteiger partial charge in [-0.3, -0.25) is 0 Å². The van der Waals surface area contributed by atoms with Crippen molar-refractivity contribution in [3.05, 3.63) is 35.0 Å². The topological polar surface area (TPSA) is 16.1 Å². The largest absolute Gasteiger partial charge is 0.355 e. The molecular weight excluding hydrogens is 328 g/mol. The molecule has 2 nitrogen and oxygen atoms in total. The fourth-order valence-corrected chi connectivity index (χ4v) is 3.32. The molecule has 0 radical (unpaired) electrons. The van der Waals surface area contributed by atoms with Crippen LogP contribution < -0.4 is 4.90 Å². The van der Waals surface area contributed by atoms with Crippen molar-refractivity contribution in [2.24, 2.45) is 5.41 Å². The predicted octanol–water partition coefficient (Wildman–Crippen LogP) is 6.29. The van der Waals surface area contributed by atoms with E-state index in [4.69, 9.17) is 18.0 Å². The fourth-order valence-electron chi connectivity index (χ4n) is 3.01. The number of hydrogen-bond donors (Lipinski definition) is 0. The fraction of sp³-hybridized carbons (Fsp3) is 0.591. The zero-order valence-electron chi connectivity index (χ0n) is 16.4. The van der Waals surface area contributed by atoms with Crippen LogP contribution in [0.4, 0.5) is 5.82 Å². The monoisotopic (exact) mass is 360 g/mol. The Labute approximate surface area is 159 Å². The third-order valence-electron chi connectivity index (χ3n) is 3.97. The van der Waals surface area contributed by atoms with Crippen LogP contribution in [0.2, 0.25) is 5.02 Å². The van der Waals surface area contributed by atoms with Gasteiger partial charge in [-0.2, -0.15) is 0 Å². The molecule has 25 heavy (non-hydrogen) atoms. The van der Waals surface area contributed by atoms with Crippen LogP contribution in [-0.4, -0.2) is 18.1 Å². The lowest BCUT2D eigenvalue weighted by Gasteiger charge is -2.25. The van der Waals surface area contributed by atoms with Crippen molar-refractivity contribution in [3.63, 3.8) is 0 Å². The van der Waals surface area contributed by atoms with Gasteiger partial charge in [-0.05, 0) is 49.1 Å². The van der Waals surface area contributed by atoms with Crippen molar-refractivity contribution in [2.75, 3.05) is 18.0 Å². The Kier molecular flexibility index (Phi) is 9.08. The van der Waals surface area contributed by atoms with Crippen molar-refractivity contribution >= 4 is 17.4 Å². The number of nitrogens with zero attached hydrogens (tertiary/aromatic N) is 2. The first-order valence-electron chi connectivity index (χ1n) is 9.26. The van der Waals surface area contributed by atoms with E-state index < -0.39 is 0 Å². The number of pyridine rings is 1. The van der Waals surface area contributed by atoms with E-state index in [-0.39, 0.29) is 0 Å². The highest BCUT2D eigenvalue weighted by atomic mass is 35.5. The molecule has 0 saturated heterocycles. The van der Waals surface area contributed by atoms with E-state index in [1.54, 1.807) is 0 Å². The molecule has 1 aromatic heterocycles. The first-order valence-corrected chi connectivity index (χ1v) is 9.64. The van der Waals surface area contributed by atoms with Crippen molar-refractivity contribution in [1.82, 2.24) is 4.98 Å². The van der Waals surface area contributed by atoms with Gasteiger partial charge in [0.1, 0.15) is 5.82 Å². The minimum absolute atomic E-state index is 0.305. The maximum atomic E-state index is 6.49. The van der Waals surface area contributed by atoms with Crippen LogP contribution in [0.25, 0.3) is 0 Å². The lowest BCUT2D eigenvalue weighted by molar-refractivity contribution is 0.403. The molecule has 0 aliphatic rings. The smallest absolute Gasteiger partial charge is 0.147 e. The molecule has 0 atom stereocenters. The van der Waals surface area contributed by atoms with Gasteiger partial charge in [0.05, 0.1) is 5.02 Å². The number of aryl methyl sites for hydroxylation is 1. The zero-order chi connectivity index (χ0) is 18.9. The SMILES string of the molecule is C#CCCc1cnc(N(CCC)CCCC(=C)CC(C)(C)C)c(Cl)c1. The molecule has 0 bridgehead atoms. The Bertz CT molecular complexity index is 593. The van der Waals surface area contributed by atoms with Gasteiger partial charge in [-0.1, -0.05) is 51.4 Å². The average Bonchev–Trinajstić information content (AvgIpc) is 2.50. The molecule has 0 unspecified atom stereocenters. The molecule has 0 aliphatic carbocycles. The summed E-state index contributed by atoms with van der Waals surface area (Å²) in [6, 6.07) is 2.00. The number of halogens is 1. The summed E-state index contributed by atoms with van der Waals surface area (Å²) in [7, 11) is 0. The van der Waals surface area contributed by atoms with Crippen molar-refractivity contribution in [2.45, 2.75) is 66.2 Å². The summed E-state index contributed by atoms with van der Waals surface area (Å²) in [5.74, 6) is 3.54. The number of allylic oxidation sites excluding steroid dienone is 1. The number of rotatable bonds is 10. The molecule has 1 rings (SSSR count). The Balaban J connectivity index is 2.67. The summed E-state index contributed by atoms with van der Waals surface area (Å²) >= 11 is 6.49. The van der Waals surface area contributed by atoms with Crippen LogP contribution in [0.5, 0.6) is 0 Å². The van der Waals surface area contributed by atoms with E-state index in [9.17, 15) is 0 Å². The lowest BCUT2D eigenvalue weighted by atomic mass is 9.87. The maximum Gasteiger partial charge on any atom is 0.147 e. The third kappa shape index (κ3) is 8.45. The molecule has 0 saturated carbocycles. The van der Waals surface area contributed by atoms with E-state index in [1.807, 2.05) is 12.3 Å². The molecule has 0 amide bonds. The first-order chi connectivity index (χ1) is 11.8. The highest BCUT2D eigenvalue weighted by Crippen LogP contribution is 2.27. The van der Waals surface area contributed by atoms with Crippen LogP contribution in [-0.2, 0) is 6.42 Å². The molecule has 1 heterocycles. The predicted molar refractivity (Wildman–Crippen MR) is 111 cm³/mol. The number of hydrogen-bond acceptors (Lipinski definition) is 2.